The van der Waals surface area contributed by atoms with E-state index in [4.69, 9.17) is 0 Å². The normalized spacial score (nSPS) is 11.2. The quantitative estimate of drug-likeness (QED) is 0.442. The van der Waals surface area contributed by atoms with Crippen LogP contribution in [0.5, 0.6) is 0 Å². The van der Waals surface area contributed by atoms with Gasteiger partial charge in [-0.3, -0.25) is 14.9 Å². The first kappa shape index (κ1) is 14.7. The predicted octanol–water partition coefficient (Wildman–Crippen LogP) is 4.35. The van der Waals surface area contributed by atoms with Gasteiger partial charge in [0.25, 0.3) is 5.69 Å². The second-order valence-corrected chi connectivity index (χ2v) is 5.21. The Morgan fingerprint density at radius 3 is 2.70 bits per heavy atom. The van der Waals surface area contributed by atoms with Gasteiger partial charge >= 0.3 is 0 Å². The van der Waals surface area contributed by atoms with Crippen molar-refractivity contribution in [3.05, 3.63) is 70.3 Å². The second-order valence-electron chi connectivity index (χ2n) is 5.21. The minimum atomic E-state index is -0.419. The Kier molecular flexibility index (Phi) is 3.76. The van der Waals surface area contributed by atoms with Gasteiger partial charge in [0.15, 0.2) is 5.78 Å². The number of aromatic nitrogens is 1. The van der Waals surface area contributed by atoms with Crippen LogP contribution in [-0.2, 0) is 4.79 Å². The number of benzene rings is 2. The van der Waals surface area contributed by atoms with Gasteiger partial charge in [-0.1, -0.05) is 30.3 Å². The zero-order valence-corrected chi connectivity index (χ0v) is 12.4. The van der Waals surface area contributed by atoms with Gasteiger partial charge < -0.3 is 4.98 Å². The van der Waals surface area contributed by atoms with Gasteiger partial charge in [0.1, 0.15) is 0 Å². The number of para-hydroxylation sites is 1. The van der Waals surface area contributed by atoms with Gasteiger partial charge in [0, 0.05) is 34.2 Å². The SMILES string of the molecule is CC(=O)/C=C/c1c(-c2cccc([N+](=O)[O-])c2)[nH]c2ccccc12. The zero-order chi connectivity index (χ0) is 16.4. The summed E-state index contributed by atoms with van der Waals surface area (Å²) in [6, 6.07) is 14.1. The van der Waals surface area contributed by atoms with E-state index in [9.17, 15) is 14.9 Å². The molecular formula is C18H14N2O3. The molecular weight excluding hydrogens is 292 g/mol. The standard InChI is InChI=1S/C18H14N2O3/c1-12(21)9-10-16-15-7-2-3-8-17(15)19-18(16)13-5-4-6-14(11-13)20(22)23/h2-11,19H,1H3/b10-9+. The minimum absolute atomic E-state index is 0.0302. The summed E-state index contributed by atoms with van der Waals surface area (Å²) in [7, 11) is 0. The number of allylic oxidation sites excluding steroid dienone is 1. The molecule has 1 heterocycles. The molecule has 0 radical (unpaired) electrons. The summed E-state index contributed by atoms with van der Waals surface area (Å²) in [4.78, 5) is 25.1. The Bertz CT molecular complexity index is 938. The fourth-order valence-corrected chi connectivity index (χ4v) is 2.54. The van der Waals surface area contributed by atoms with Gasteiger partial charge in [-0.05, 0) is 25.1 Å². The molecule has 3 aromatic rings. The number of rotatable bonds is 4. The van der Waals surface area contributed by atoms with Crippen molar-refractivity contribution < 1.29 is 9.72 Å². The Hall–Kier alpha value is -3.21. The summed E-state index contributed by atoms with van der Waals surface area (Å²) in [6.45, 7) is 1.48. The largest absolute Gasteiger partial charge is 0.354 e. The molecule has 2 aromatic carbocycles. The third-order valence-electron chi connectivity index (χ3n) is 3.58. The van der Waals surface area contributed by atoms with Crippen molar-refractivity contribution in [1.29, 1.82) is 0 Å². The predicted molar refractivity (Wildman–Crippen MR) is 90.1 cm³/mol. The van der Waals surface area contributed by atoms with E-state index < -0.39 is 4.92 Å². The number of carbonyl (C=O) groups is 1. The van der Waals surface area contributed by atoms with Crippen LogP contribution < -0.4 is 0 Å². The summed E-state index contributed by atoms with van der Waals surface area (Å²) in [5.74, 6) is -0.0553. The molecule has 5 nitrogen and oxygen atoms in total. The Morgan fingerprint density at radius 2 is 1.96 bits per heavy atom. The maximum Gasteiger partial charge on any atom is 0.270 e. The average molecular weight is 306 g/mol. The van der Waals surface area contributed by atoms with Crippen LogP contribution in [0.15, 0.2) is 54.6 Å². The molecule has 0 aliphatic carbocycles. The molecule has 0 aliphatic heterocycles. The number of non-ortho nitro benzene ring substituents is 1. The number of nitrogens with zero attached hydrogens (tertiary/aromatic N) is 1. The number of hydrogen-bond acceptors (Lipinski definition) is 3. The van der Waals surface area contributed by atoms with E-state index in [0.717, 1.165) is 22.2 Å². The van der Waals surface area contributed by atoms with Crippen LogP contribution in [0.4, 0.5) is 5.69 Å². The highest BCUT2D eigenvalue weighted by Gasteiger charge is 2.13. The molecule has 0 saturated carbocycles. The van der Waals surface area contributed by atoms with E-state index >= 15 is 0 Å². The zero-order valence-electron chi connectivity index (χ0n) is 12.4. The van der Waals surface area contributed by atoms with E-state index in [1.807, 2.05) is 30.3 Å². The van der Waals surface area contributed by atoms with Crippen molar-refractivity contribution in [3.63, 3.8) is 0 Å². The van der Waals surface area contributed by atoms with Crippen molar-refractivity contribution in [1.82, 2.24) is 4.98 Å². The lowest BCUT2D eigenvalue weighted by atomic mass is 10.0. The third kappa shape index (κ3) is 2.89. The minimum Gasteiger partial charge on any atom is -0.354 e. The summed E-state index contributed by atoms with van der Waals surface area (Å²) in [6.07, 6.45) is 3.24. The van der Waals surface area contributed by atoms with Gasteiger partial charge in [0.05, 0.1) is 10.6 Å². The third-order valence-corrected chi connectivity index (χ3v) is 3.58. The number of aromatic amines is 1. The number of H-pyrrole nitrogens is 1. The van der Waals surface area contributed by atoms with Crippen molar-refractivity contribution in [2.24, 2.45) is 0 Å². The molecule has 1 aromatic heterocycles. The highest BCUT2D eigenvalue weighted by Crippen LogP contribution is 2.32. The molecule has 0 amide bonds. The van der Waals surface area contributed by atoms with E-state index in [-0.39, 0.29) is 11.5 Å². The second kappa shape index (κ2) is 5.88. The fourth-order valence-electron chi connectivity index (χ4n) is 2.54. The number of nitrogens with one attached hydrogen (secondary N) is 1. The summed E-state index contributed by atoms with van der Waals surface area (Å²) >= 11 is 0. The van der Waals surface area contributed by atoms with Crippen LogP contribution in [-0.4, -0.2) is 15.7 Å². The highest BCUT2D eigenvalue weighted by atomic mass is 16.6. The van der Waals surface area contributed by atoms with E-state index in [2.05, 4.69) is 4.98 Å². The maximum absolute atomic E-state index is 11.3. The molecule has 0 fully saturated rings. The molecule has 0 spiro atoms. The van der Waals surface area contributed by atoms with Crippen LogP contribution in [0.25, 0.3) is 28.2 Å². The first-order chi connectivity index (χ1) is 11.1. The summed E-state index contributed by atoms with van der Waals surface area (Å²) < 4.78 is 0. The Balaban J connectivity index is 2.24. The monoisotopic (exact) mass is 306 g/mol. The molecule has 3 rings (SSSR count). The lowest BCUT2D eigenvalue weighted by Gasteiger charge is -2.01. The maximum atomic E-state index is 11.3. The van der Waals surface area contributed by atoms with Crippen LogP contribution in [0, 0.1) is 10.1 Å². The number of carbonyl (C=O) groups excluding carboxylic acids is 1. The molecule has 0 unspecified atom stereocenters. The van der Waals surface area contributed by atoms with Crippen molar-refractivity contribution in [2.45, 2.75) is 6.92 Å². The number of nitro benzene ring substituents is 1. The molecule has 1 N–H and O–H groups in total. The molecule has 114 valence electrons. The first-order valence-corrected chi connectivity index (χ1v) is 7.10. The number of fused-ring (bicyclic) bond motifs is 1. The average Bonchev–Trinajstić information content (AvgIpc) is 2.91. The Labute approximate surface area is 132 Å². The number of hydrogen-bond donors (Lipinski definition) is 1. The lowest BCUT2D eigenvalue weighted by Crippen LogP contribution is -1.89. The molecule has 0 bridgehead atoms. The number of ketones is 1. The lowest BCUT2D eigenvalue weighted by molar-refractivity contribution is -0.384. The summed E-state index contributed by atoms with van der Waals surface area (Å²) in [5.41, 5.74) is 3.25. The Morgan fingerprint density at radius 1 is 1.17 bits per heavy atom. The van der Waals surface area contributed by atoms with Gasteiger partial charge in [-0.25, -0.2) is 0 Å². The smallest absolute Gasteiger partial charge is 0.270 e. The molecule has 23 heavy (non-hydrogen) atoms. The van der Waals surface area contributed by atoms with Crippen molar-refractivity contribution >= 4 is 28.4 Å². The van der Waals surface area contributed by atoms with Gasteiger partial charge in [-0.15, -0.1) is 0 Å². The topological polar surface area (TPSA) is 76.0 Å². The van der Waals surface area contributed by atoms with Crippen LogP contribution in [0.2, 0.25) is 0 Å². The van der Waals surface area contributed by atoms with Crippen molar-refractivity contribution in [3.8, 4) is 11.3 Å². The highest BCUT2D eigenvalue weighted by molar-refractivity contribution is 6.00. The van der Waals surface area contributed by atoms with E-state index in [0.29, 0.717) is 5.56 Å². The number of nitro groups is 1. The molecule has 0 aliphatic rings. The molecule has 0 saturated heterocycles. The molecule has 0 atom stereocenters. The fraction of sp³-hybridized carbons (Fsp3) is 0.0556. The van der Waals surface area contributed by atoms with E-state index in [1.165, 1.54) is 25.1 Å². The van der Waals surface area contributed by atoms with Crippen LogP contribution in [0.3, 0.4) is 0 Å². The van der Waals surface area contributed by atoms with E-state index in [1.54, 1.807) is 12.1 Å². The first-order valence-electron chi connectivity index (χ1n) is 7.10. The van der Waals surface area contributed by atoms with Crippen LogP contribution >= 0.6 is 0 Å². The molecule has 5 heteroatoms. The van der Waals surface area contributed by atoms with Crippen LogP contribution in [0.1, 0.15) is 12.5 Å². The van der Waals surface area contributed by atoms with Crippen molar-refractivity contribution in [2.75, 3.05) is 0 Å². The van der Waals surface area contributed by atoms with Gasteiger partial charge in [-0.2, -0.15) is 0 Å². The van der Waals surface area contributed by atoms with Gasteiger partial charge in [0.2, 0.25) is 0 Å². The summed E-state index contributed by atoms with van der Waals surface area (Å²) in [5, 5.41) is 12.0.